The molecule has 1 saturated heterocycles. The number of carbonyl (C=O) groups is 2. The van der Waals surface area contributed by atoms with Crippen molar-refractivity contribution < 1.29 is 9.59 Å². The van der Waals surface area contributed by atoms with Crippen LogP contribution in [0.25, 0.3) is 6.08 Å². The van der Waals surface area contributed by atoms with Crippen molar-refractivity contribution in [3.05, 3.63) is 61.7 Å². The van der Waals surface area contributed by atoms with Gasteiger partial charge in [0.05, 0.1) is 11.4 Å². The zero-order chi connectivity index (χ0) is 18.3. The molecule has 1 aromatic carbocycles. The minimum Gasteiger partial charge on any atom is -0.352 e. The Morgan fingerprint density at radius 3 is 2.48 bits per heavy atom. The maximum absolute atomic E-state index is 12.6. The Balaban J connectivity index is 1.87. The normalized spacial score (nSPS) is 16.4. The van der Waals surface area contributed by atoms with Gasteiger partial charge in [-0.05, 0) is 61.0 Å². The third-order valence-electron chi connectivity index (χ3n) is 4.32. The largest absolute Gasteiger partial charge is 0.352 e. The molecule has 0 unspecified atom stereocenters. The van der Waals surface area contributed by atoms with E-state index >= 15 is 0 Å². The number of amides is 2. The molecule has 0 bridgehead atoms. The molecule has 1 aromatic heterocycles. The average molecular weight is 395 g/mol. The van der Waals surface area contributed by atoms with E-state index in [1.807, 2.05) is 31.5 Å². The molecule has 0 spiro atoms. The Bertz CT molecular complexity index is 918. The van der Waals surface area contributed by atoms with Gasteiger partial charge >= 0.3 is 0 Å². The summed E-state index contributed by atoms with van der Waals surface area (Å²) in [6.07, 6.45) is 1.77. The second-order valence-electron chi connectivity index (χ2n) is 5.89. The fraction of sp³-hybridized carbons (Fsp3) is 0.222. The molecule has 2 heterocycles. The van der Waals surface area contributed by atoms with Crippen LogP contribution in [0.1, 0.15) is 22.5 Å². The molecule has 1 aliphatic rings. The van der Waals surface area contributed by atoms with E-state index in [2.05, 4.69) is 0 Å². The standard InChI is InChI=1S/C18H16Cl2N2O2S/c1-10-6-13(11(2)21(10)3)7-16-17(23)22(18(24)25-16)9-12-4-5-14(19)8-15(12)20/h4-8H,9H2,1-3H3/b16-7-. The summed E-state index contributed by atoms with van der Waals surface area (Å²) >= 11 is 13.0. The number of imide groups is 1. The van der Waals surface area contributed by atoms with Crippen molar-refractivity contribution in [2.45, 2.75) is 20.4 Å². The van der Waals surface area contributed by atoms with E-state index in [0.29, 0.717) is 20.5 Å². The number of nitrogens with zero attached hydrogens (tertiary/aromatic N) is 2. The Labute approximate surface area is 160 Å². The first-order chi connectivity index (χ1) is 11.8. The highest BCUT2D eigenvalue weighted by Crippen LogP contribution is 2.35. The molecule has 4 nitrogen and oxygen atoms in total. The number of carbonyl (C=O) groups excluding carboxylic acids is 2. The molecule has 0 aliphatic carbocycles. The van der Waals surface area contributed by atoms with Crippen LogP contribution in [-0.2, 0) is 18.4 Å². The zero-order valence-corrected chi connectivity index (χ0v) is 16.3. The summed E-state index contributed by atoms with van der Waals surface area (Å²) in [5, 5.41) is 0.648. The number of aromatic nitrogens is 1. The predicted molar refractivity (Wildman–Crippen MR) is 103 cm³/mol. The lowest BCUT2D eigenvalue weighted by Gasteiger charge is -2.13. The maximum Gasteiger partial charge on any atom is 0.293 e. The summed E-state index contributed by atoms with van der Waals surface area (Å²) in [6, 6.07) is 7.01. The number of benzene rings is 1. The minimum atomic E-state index is -0.304. The van der Waals surface area contributed by atoms with Crippen LogP contribution in [0.15, 0.2) is 29.2 Å². The third-order valence-corrected chi connectivity index (χ3v) is 5.81. The molecular weight excluding hydrogens is 379 g/mol. The van der Waals surface area contributed by atoms with Crippen molar-refractivity contribution in [1.82, 2.24) is 9.47 Å². The van der Waals surface area contributed by atoms with Crippen LogP contribution < -0.4 is 0 Å². The molecule has 130 valence electrons. The van der Waals surface area contributed by atoms with Gasteiger partial charge in [0.2, 0.25) is 0 Å². The monoisotopic (exact) mass is 394 g/mol. The lowest BCUT2D eigenvalue weighted by atomic mass is 10.2. The Morgan fingerprint density at radius 1 is 1.16 bits per heavy atom. The number of aryl methyl sites for hydroxylation is 1. The SMILES string of the molecule is Cc1cc(/C=C2\SC(=O)N(Cc3ccc(Cl)cc3Cl)C2=O)c(C)n1C. The van der Waals surface area contributed by atoms with Crippen LogP contribution in [0.5, 0.6) is 0 Å². The van der Waals surface area contributed by atoms with Gasteiger partial charge in [0, 0.05) is 28.5 Å². The molecule has 0 atom stereocenters. The van der Waals surface area contributed by atoms with Crippen molar-refractivity contribution >= 4 is 52.2 Å². The van der Waals surface area contributed by atoms with E-state index in [1.54, 1.807) is 24.3 Å². The van der Waals surface area contributed by atoms with Crippen molar-refractivity contribution in [3.8, 4) is 0 Å². The van der Waals surface area contributed by atoms with Crippen LogP contribution in [0, 0.1) is 13.8 Å². The summed E-state index contributed by atoms with van der Waals surface area (Å²) in [4.78, 5) is 26.5. The van der Waals surface area contributed by atoms with E-state index in [9.17, 15) is 9.59 Å². The van der Waals surface area contributed by atoms with E-state index in [0.717, 1.165) is 28.7 Å². The average Bonchev–Trinajstić information content (AvgIpc) is 2.95. The van der Waals surface area contributed by atoms with Crippen molar-refractivity contribution in [1.29, 1.82) is 0 Å². The fourth-order valence-corrected chi connectivity index (χ4v) is 3.93. The number of rotatable bonds is 3. The molecule has 0 radical (unpaired) electrons. The topological polar surface area (TPSA) is 42.3 Å². The Morgan fingerprint density at radius 2 is 1.88 bits per heavy atom. The second kappa shape index (κ2) is 6.90. The lowest BCUT2D eigenvalue weighted by Crippen LogP contribution is -2.27. The van der Waals surface area contributed by atoms with Gasteiger partial charge in [-0.25, -0.2) is 0 Å². The van der Waals surface area contributed by atoms with Gasteiger partial charge in [-0.1, -0.05) is 29.3 Å². The summed E-state index contributed by atoms with van der Waals surface area (Å²) < 4.78 is 2.05. The molecule has 3 rings (SSSR count). The first-order valence-corrected chi connectivity index (χ1v) is 9.17. The third kappa shape index (κ3) is 3.50. The number of hydrogen-bond donors (Lipinski definition) is 0. The summed E-state index contributed by atoms with van der Waals surface area (Å²) in [6.45, 7) is 4.11. The molecule has 2 aromatic rings. The molecule has 2 amide bonds. The Kier molecular flexibility index (Phi) is 5.00. The highest BCUT2D eigenvalue weighted by molar-refractivity contribution is 8.18. The van der Waals surface area contributed by atoms with Gasteiger partial charge in [0.15, 0.2) is 0 Å². The van der Waals surface area contributed by atoms with Gasteiger partial charge in [-0.3, -0.25) is 14.5 Å². The van der Waals surface area contributed by atoms with Gasteiger partial charge in [0.25, 0.3) is 11.1 Å². The molecule has 0 N–H and O–H groups in total. The first-order valence-electron chi connectivity index (χ1n) is 7.60. The van der Waals surface area contributed by atoms with Crippen molar-refractivity contribution in [2.75, 3.05) is 0 Å². The molecule has 25 heavy (non-hydrogen) atoms. The number of thioether (sulfide) groups is 1. The molecule has 0 saturated carbocycles. The van der Waals surface area contributed by atoms with Crippen LogP contribution in [-0.4, -0.2) is 20.6 Å². The Hall–Kier alpha value is -1.69. The maximum atomic E-state index is 12.6. The van der Waals surface area contributed by atoms with Gasteiger partial charge < -0.3 is 4.57 Å². The quantitative estimate of drug-likeness (QED) is 0.672. The highest BCUT2D eigenvalue weighted by Gasteiger charge is 2.35. The lowest BCUT2D eigenvalue weighted by molar-refractivity contribution is -0.123. The van der Waals surface area contributed by atoms with Crippen LogP contribution in [0.4, 0.5) is 4.79 Å². The van der Waals surface area contributed by atoms with E-state index in [4.69, 9.17) is 23.2 Å². The number of halogens is 2. The second-order valence-corrected chi connectivity index (χ2v) is 7.73. The minimum absolute atomic E-state index is 0.130. The van der Waals surface area contributed by atoms with Crippen LogP contribution in [0.3, 0.4) is 0 Å². The van der Waals surface area contributed by atoms with Gasteiger partial charge in [0.1, 0.15) is 0 Å². The molecular formula is C18H16Cl2N2O2S. The summed E-state index contributed by atoms with van der Waals surface area (Å²) in [7, 11) is 1.97. The van der Waals surface area contributed by atoms with Crippen LogP contribution in [0.2, 0.25) is 10.0 Å². The van der Waals surface area contributed by atoms with Gasteiger partial charge in [-0.15, -0.1) is 0 Å². The molecule has 1 aliphatic heterocycles. The van der Waals surface area contributed by atoms with E-state index in [1.165, 1.54) is 4.90 Å². The van der Waals surface area contributed by atoms with Crippen molar-refractivity contribution in [3.63, 3.8) is 0 Å². The smallest absolute Gasteiger partial charge is 0.293 e. The zero-order valence-electron chi connectivity index (χ0n) is 14.0. The van der Waals surface area contributed by atoms with Crippen molar-refractivity contribution in [2.24, 2.45) is 7.05 Å². The van der Waals surface area contributed by atoms with Crippen LogP contribution >= 0.6 is 35.0 Å². The summed E-state index contributed by atoms with van der Waals surface area (Å²) in [5.74, 6) is -0.304. The predicted octanol–water partition coefficient (Wildman–Crippen LogP) is 5.19. The highest BCUT2D eigenvalue weighted by atomic mass is 35.5. The van der Waals surface area contributed by atoms with E-state index < -0.39 is 0 Å². The fourth-order valence-electron chi connectivity index (χ4n) is 2.63. The first kappa shape index (κ1) is 18.1. The van der Waals surface area contributed by atoms with E-state index in [-0.39, 0.29) is 17.7 Å². The molecule has 7 heteroatoms. The number of hydrogen-bond acceptors (Lipinski definition) is 3. The van der Waals surface area contributed by atoms with Gasteiger partial charge in [-0.2, -0.15) is 0 Å². The summed E-state index contributed by atoms with van der Waals surface area (Å²) in [5.41, 5.74) is 3.76. The molecule has 1 fully saturated rings.